The van der Waals surface area contributed by atoms with Crippen molar-refractivity contribution in [3.8, 4) is 5.75 Å². The van der Waals surface area contributed by atoms with Crippen molar-refractivity contribution in [3.63, 3.8) is 0 Å². The summed E-state index contributed by atoms with van der Waals surface area (Å²) in [6, 6.07) is 22.4. The molecule has 0 fully saturated rings. The summed E-state index contributed by atoms with van der Waals surface area (Å²) in [5.74, 6) is 1.48. The third kappa shape index (κ3) is 6.89. The van der Waals surface area contributed by atoms with Gasteiger partial charge in [-0.1, -0.05) is 96.8 Å². The molecule has 7 nitrogen and oxygen atoms in total. The minimum Gasteiger partial charge on any atom is -0.489 e. The van der Waals surface area contributed by atoms with Crippen LogP contribution in [0.15, 0.2) is 89.2 Å². The van der Waals surface area contributed by atoms with Crippen molar-refractivity contribution in [1.29, 1.82) is 0 Å². The van der Waals surface area contributed by atoms with Gasteiger partial charge in [0.2, 0.25) is 11.1 Å². The summed E-state index contributed by atoms with van der Waals surface area (Å²) in [6.45, 7) is 4.62. The number of nitrogens with zero attached hydrogens (tertiary/aromatic N) is 3. The van der Waals surface area contributed by atoms with E-state index in [0.29, 0.717) is 57.1 Å². The molecule has 5 rings (SSSR count). The molecular formula is C31H30Cl2N4O3S. The average molecular weight is 610 g/mol. The van der Waals surface area contributed by atoms with Crippen molar-refractivity contribution in [3.05, 3.63) is 111 Å². The second-order valence-electron chi connectivity index (χ2n) is 9.55. The number of esters is 1. The quantitative estimate of drug-likeness (QED) is 0.105. The van der Waals surface area contributed by atoms with Crippen molar-refractivity contribution in [2.24, 2.45) is 0 Å². The van der Waals surface area contributed by atoms with Gasteiger partial charge in [-0.2, -0.15) is 4.98 Å². The lowest BCUT2D eigenvalue weighted by atomic mass is 9.96. The average Bonchev–Trinajstić information content (AvgIpc) is 3.38. The number of benzene rings is 3. The van der Waals surface area contributed by atoms with E-state index in [0.717, 1.165) is 29.5 Å². The Morgan fingerprint density at radius 3 is 2.37 bits per heavy atom. The second-order valence-corrected chi connectivity index (χ2v) is 11.3. The molecule has 41 heavy (non-hydrogen) atoms. The number of unbranched alkanes of at least 4 members (excludes halogenated alkanes) is 1. The van der Waals surface area contributed by atoms with Crippen LogP contribution in [0.2, 0.25) is 10.0 Å². The minimum atomic E-state index is -0.528. The second kappa shape index (κ2) is 13.5. The summed E-state index contributed by atoms with van der Waals surface area (Å²) in [5, 5.41) is 9.99. The fraction of sp³-hybridized carbons (Fsp3) is 0.258. The Bertz CT molecular complexity index is 1560. The van der Waals surface area contributed by atoms with Gasteiger partial charge in [-0.25, -0.2) is 9.48 Å². The molecule has 0 aliphatic carbocycles. The molecule has 0 amide bonds. The maximum absolute atomic E-state index is 13.4. The van der Waals surface area contributed by atoms with Crippen LogP contribution in [0, 0.1) is 0 Å². The van der Waals surface area contributed by atoms with Crippen LogP contribution in [0.4, 0.5) is 5.95 Å². The number of thioether (sulfide) groups is 1. The number of carbonyl (C=O) groups excluding carboxylic acids is 1. The Morgan fingerprint density at radius 1 is 1.00 bits per heavy atom. The zero-order chi connectivity index (χ0) is 28.8. The van der Waals surface area contributed by atoms with Crippen LogP contribution in [-0.4, -0.2) is 27.3 Å². The normalized spacial score (nSPS) is 14.4. The molecule has 1 N–H and O–H groups in total. The van der Waals surface area contributed by atoms with Gasteiger partial charge < -0.3 is 14.8 Å². The first-order valence-electron chi connectivity index (χ1n) is 13.4. The molecule has 1 atom stereocenters. The maximum Gasteiger partial charge on any atom is 0.338 e. The number of hydrogen-bond acceptors (Lipinski definition) is 7. The lowest BCUT2D eigenvalue weighted by Gasteiger charge is -2.28. The molecular weight excluding hydrogens is 579 g/mol. The standard InChI is InChI=1S/C31H30Cl2N4O3S/c1-3-4-17-39-29(38)27-20(2)34-30-35-31(41-19-23-10-6-8-12-26(23)33)36-37(30)28(27)21-13-15-24(16-14-21)40-18-22-9-5-7-11-25(22)32/h5-16,28H,3-4,17-19H2,1-2H3,(H,34,35,36). The van der Waals surface area contributed by atoms with Crippen LogP contribution in [0.25, 0.3) is 0 Å². The number of aromatic nitrogens is 3. The Morgan fingerprint density at radius 2 is 1.68 bits per heavy atom. The predicted molar refractivity (Wildman–Crippen MR) is 164 cm³/mol. The number of halogens is 2. The molecule has 0 saturated carbocycles. The number of anilines is 1. The number of rotatable bonds is 11. The Kier molecular flexibility index (Phi) is 9.54. The summed E-state index contributed by atoms with van der Waals surface area (Å²) >= 11 is 14.1. The molecule has 0 saturated heterocycles. The van der Waals surface area contributed by atoms with Crippen LogP contribution in [-0.2, 0) is 21.9 Å². The van der Waals surface area contributed by atoms with Crippen LogP contribution >= 0.6 is 35.0 Å². The highest BCUT2D eigenvalue weighted by atomic mass is 35.5. The van der Waals surface area contributed by atoms with E-state index in [-0.39, 0.29) is 5.97 Å². The lowest BCUT2D eigenvalue weighted by molar-refractivity contribution is -0.139. The van der Waals surface area contributed by atoms with Crippen LogP contribution in [0.3, 0.4) is 0 Å². The van der Waals surface area contributed by atoms with Gasteiger partial charge in [0.25, 0.3) is 0 Å². The molecule has 1 aliphatic heterocycles. The fourth-order valence-electron chi connectivity index (χ4n) is 4.43. The molecule has 4 aromatic rings. The summed E-state index contributed by atoms with van der Waals surface area (Å²) in [4.78, 5) is 18.1. The molecule has 10 heteroatoms. The van der Waals surface area contributed by atoms with Gasteiger partial charge in [-0.3, -0.25) is 0 Å². The molecule has 2 heterocycles. The van der Waals surface area contributed by atoms with Crippen LogP contribution in [0.5, 0.6) is 5.75 Å². The van der Waals surface area contributed by atoms with E-state index in [1.165, 1.54) is 11.8 Å². The van der Waals surface area contributed by atoms with Gasteiger partial charge in [0.1, 0.15) is 18.4 Å². The van der Waals surface area contributed by atoms with Gasteiger partial charge >= 0.3 is 5.97 Å². The molecule has 0 radical (unpaired) electrons. The van der Waals surface area contributed by atoms with E-state index >= 15 is 0 Å². The largest absolute Gasteiger partial charge is 0.489 e. The third-order valence-corrected chi connectivity index (χ3v) is 8.27. The Balaban J connectivity index is 1.41. The molecule has 3 aromatic carbocycles. The SMILES string of the molecule is CCCCOC(=O)C1=C(C)Nc2nc(SCc3ccccc3Cl)nn2C1c1ccc(OCc2ccccc2Cl)cc1. The van der Waals surface area contributed by atoms with Gasteiger partial charge in [0.05, 0.1) is 12.2 Å². The zero-order valence-electron chi connectivity index (χ0n) is 22.8. The van der Waals surface area contributed by atoms with Crippen LogP contribution < -0.4 is 10.1 Å². The zero-order valence-corrected chi connectivity index (χ0v) is 25.1. The van der Waals surface area contributed by atoms with E-state index in [4.69, 9.17) is 42.8 Å². The van der Waals surface area contributed by atoms with Crippen LogP contribution in [0.1, 0.15) is 49.4 Å². The first-order valence-corrected chi connectivity index (χ1v) is 15.1. The number of nitrogens with one attached hydrogen (secondary N) is 1. The van der Waals surface area contributed by atoms with Crippen molar-refractivity contribution in [2.75, 3.05) is 11.9 Å². The van der Waals surface area contributed by atoms with Gasteiger partial charge in [-0.05, 0) is 48.7 Å². The number of carbonyl (C=O) groups is 1. The molecule has 0 bridgehead atoms. The smallest absolute Gasteiger partial charge is 0.338 e. The minimum absolute atomic E-state index is 0.347. The molecule has 1 aliphatic rings. The Hall–Kier alpha value is -3.46. The fourth-order valence-corrected chi connectivity index (χ4v) is 5.74. The Labute approximate surface area is 253 Å². The number of hydrogen-bond donors (Lipinski definition) is 1. The first kappa shape index (κ1) is 29.0. The maximum atomic E-state index is 13.4. The van der Waals surface area contributed by atoms with E-state index in [1.807, 2.05) is 79.7 Å². The number of allylic oxidation sites excluding steroid dienone is 1. The van der Waals surface area contributed by atoms with Crippen molar-refractivity contribution in [2.45, 2.75) is 50.2 Å². The van der Waals surface area contributed by atoms with E-state index in [9.17, 15) is 4.79 Å². The monoisotopic (exact) mass is 608 g/mol. The number of ether oxygens (including phenoxy) is 2. The van der Waals surface area contributed by atoms with Gasteiger partial charge in [0.15, 0.2) is 0 Å². The predicted octanol–water partition coefficient (Wildman–Crippen LogP) is 8.09. The van der Waals surface area contributed by atoms with E-state index in [1.54, 1.807) is 4.68 Å². The number of fused-ring (bicyclic) bond motifs is 1. The van der Waals surface area contributed by atoms with Crippen molar-refractivity contribution in [1.82, 2.24) is 14.8 Å². The molecule has 1 unspecified atom stereocenters. The lowest BCUT2D eigenvalue weighted by Crippen LogP contribution is -2.29. The summed E-state index contributed by atoms with van der Waals surface area (Å²) in [5.41, 5.74) is 3.93. The summed E-state index contributed by atoms with van der Waals surface area (Å²) in [6.07, 6.45) is 1.73. The highest BCUT2D eigenvalue weighted by molar-refractivity contribution is 7.98. The molecule has 1 aromatic heterocycles. The van der Waals surface area contributed by atoms with Crippen molar-refractivity contribution < 1.29 is 14.3 Å². The first-order chi connectivity index (χ1) is 19.9. The molecule has 212 valence electrons. The van der Waals surface area contributed by atoms with Crippen molar-refractivity contribution >= 4 is 46.9 Å². The van der Waals surface area contributed by atoms with E-state index < -0.39 is 6.04 Å². The summed E-state index contributed by atoms with van der Waals surface area (Å²) < 4.78 is 13.4. The van der Waals surface area contributed by atoms with Gasteiger partial charge in [0, 0.05) is 27.1 Å². The highest BCUT2D eigenvalue weighted by Crippen LogP contribution is 2.38. The third-order valence-electron chi connectivity index (χ3n) is 6.65. The van der Waals surface area contributed by atoms with Gasteiger partial charge in [-0.15, -0.1) is 5.10 Å². The highest BCUT2D eigenvalue weighted by Gasteiger charge is 2.35. The molecule has 0 spiro atoms. The van der Waals surface area contributed by atoms with E-state index in [2.05, 4.69) is 12.2 Å². The summed E-state index contributed by atoms with van der Waals surface area (Å²) in [7, 11) is 0. The topological polar surface area (TPSA) is 78.3 Å².